The van der Waals surface area contributed by atoms with E-state index in [9.17, 15) is 8.42 Å². The van der Waals surface area contributed by atoms with E-state index in [2.05, 4.69) is 15.9 Å². The van der Waals surface area contributed by atoms with E-state index in [0.29, 0.717) is 23.4 Å². The lowest BCUT2D eigenvalue weighted by Crippen LogP contribution is -2.34. The lowest BCUT2D eigenvalue weighted by Gasteiger charge is -2.21. The lowest BCUT2D eigenvalue weighted by molar-refractivity contribution is 0.0978. The van der Waals surface area contributed by atoms with Crippen LogP contribution in [0.1, 0.15) is 12.8 Å². The molecule has 0 aliphatic carbocycles. The number of hydrogen-bond donors (Lipinski definition) is 0. The molecule has 1 saturated heterocycles. The van der Waals surface area contributed by atoms with Crippen LogP contribution in [0, 0.1) is 0 Å². The van der Waals surface area contributed by atoms with E-state index in [4.69, 9.17) is 9.47 Å². The van der Waals surface area contributed by atoms with Crippen LogP contribution < -0.4 is 4.74 Å². The number of halogens is 1. The zero-order valence-electron chi connectivity index (χ0n) is 11.5. The molecule has 0 radical (unpaired) electrons. The smallest absolute Gasteiger partial charge is 0.246 e. The summed E-state index contributed by atoms with van der Waals surface area (Å²) in [6.07, 6.45) is 1.86. The van der Waals surface area contributed by atoms with E-state index in [-0.39, 0.29) is 11.0 Å². The van der Waals surface area contributed by atoms with Gasteiger partial charge in [0, 0.05) is 24.7 Å². The molecule has 0 N–H and O–H groups in total. The fourth-order valence-corrected chi connectivity index (χ4v) is 4.09. The van der Waals surface area contributed by atoms with Gasteiger partial charge in [0.2, 0.25) is 10.0 Å². The highest BCUT2D eigenvalue weighted by Gasteiger charge is 2.28. The van der Waals surface area contributed by atoms with Crippen molar-refractivity contribution in [1.82, 2.24) is 4.31 Å². The summed E-state index contributed by atoms with van der Waals surface area (Å²) in [5.41, 5.74) is 0. The zero-order valence-corrected chi connectivity index (χ0v) is 13.9. The highest BCUT2D eigenvalue weighted by molar-refractivity contribution is 9.10. The van der Waals surface area contributed by atoms with Crippen molar-refractivity contribution in [3.05, 3.63) is 22.7 Å². The zero-order chi connectivity index (χ0) is 14.8. The van der Waals surface area contributed by atoms with Crippen LogP contribution in [0.25, 0.3) is 0 Å². The molecule has 1 aromatic carbocycles. The number of methoxy groups -OCH3 is 1. The van der Waals surface area contributed by atoms with Gasteiger partial charge < -0.3 is 9.47 Å². The van der Waals surface area contributed by atoms with Crippen LogP contribution in [0.2, 0.25) is 0 Å². The number of nitrogens with zero attached hydrogens (tertiary/aromatic N) is 1. The summed E-state index contributed by atoms with van der Waals surface area (Å²) >= 11 is 3.29. The summed E-state index contributed by atoms with van der Waals surface area (Å²) in [5, 5.41) is 0. The normalized spacial score (nSPS) is 19.5. The average molecular weight is 364 g/mol. The average Bonchev–Trinajstić information content (AvgIpc) is 2.91. The molecule has 0 amide bonds. The summed E-state index contributed by atoms with van der Waals surface area (Å²) in [4.78, 5) is 0.162. The first-order valence-electron chi connectivity index (χ1n) is 6.36. The molecule has 5 nitrogen and oxygen atoms in total. The summed E-state index contributed by atoms with van der Waals surface area (Å²) in [6.45, 7) is 1.07. The van der Waals surface area contributed by atoms with E-state index in [1.165, 1.54) is 11.4 Å². The largest absolute Gasteiger partial charge is 0.495 e. The van der Waals surface area contributed by atoms with Crippen LogP contribution in [-0.2, 0) is 14.8 Å². The molecule has 7 heteroatoms. The molecule has 0 spiro atoms. The maximum atomic E-state index is 12.6. The molecule has 0 bridgehead atoms. The van der Waals surface area contributed by atoms with E-state index < -0.39 is 10.0 Å². The predicted octanol–water partition coefficient (Wildman–Crippen LogP) is 2.26. The monoisotopic (exact) mass is 363 g/mol. The van der Waals surface area contributed by atoms with Gasteiger partial charge in [-0.25, -0.2) is 8.42 Å². The molecule has 0 aromatic heterocycles. The molecule has 1 unspecified atom stereocenters. The Kier molecular flexibility index (Phi) is 5.06. The van der Waals surface area contributed by atoms with Crippen molar-refractivity contribution in [2.75, 3.05) is 27.3 Å². The molecule has 1 heterocycles. The molecule has 112 valence electrons. The van der Waals surface area contributed by atoms with Gasteiger partial charge in [-0.1, -0.05) is 15.9 Å². The van der Waals surface area contributed by atoms with Crippen molar-refractivity contribution in [3.8, 4) is 5.75 Å². The Bertz CT molecular complexity index is 570. The number of benzene rings is 1. The molecule has 1 aliphatic rings. The molecule has 20 heavy (non-hydrogen) atoms. The lowest BCUT2D eigenvalue weighted by atomic mass is 10.2. The maximum absolute atomic E-state index is 12.6. The van der Waals surface area contributed by atoms with Crippen LogP contribution >= 0.6 is 15.9 Å². The van der Waals surface area contributed by atoms with Crippen molar-refractivity contribution >= 4 is 26.0 Å². The quantitative estimate of drug-likeness (QED) is 0.804. The first-order valence-corrected chi connectivity index (χ1v) is 8.60. The van der Waals surface area contributed by atoms with Gasteiger partial charge in [0.25, 0.3) is 0 Å². The Labute approximate surface area is 128 Å². The van der Waals surface area contributed by atoms with E-state index in [1.54, 1.807) is 25.2 Å². The standard InChI is InChI=1S/C13H18BrNO4S/c1-15(9-11-4-3-7-19-11)20(16,17)13-8-10(14)5-6-12(13)18-2/h5-6,8,11H,3-4,7,9H2,1-2H3. The number of sulfonamides is 1. The number of rotatable bonds is 5. The van der Waals surface area contributed by atoms with Crippen molar-refractivity contribution < 1.29 is 17.9 Å². The Morgan fingerprint density at radius 2 is 2.25 bits per heavy atom. The van der Waals surface area contributed by atoms with Gasteiger partial charge >= 0.3 is 0 Å². The first kappa shape index (κ1) is 15.8. The minimum absolute atomic E-state index is 0.0204. The van der Waals surface area contributed by atoms with Crippen LogP contribution in [0.3, 0.4) is 0 Å². The SMILES string of the molecule is COc1ccc(Br)cc1S(=O)(=O)N(C)CC1CCCO1. The molecule has 2 rings (SSSR count). The minimum atomic E-state index is -3.59. The third kappa shape index (κ3) is 3.33. The van der Waals surface area contributed by atoms with Gasteiger partial charge in [0.05, 0.1) is 13.2 Å². The Hall–Kier alpha value is -0.630. The van der Waals surface area contributed by atoms with E-state index in [0.717, 1.165) is 12.8 Å². The molecule has 1 aliphatic heterocycles. The first-order chi connectivity index (χ1) is 9.45. The van der Waals surface area contributed by atoms with Gasteiger partial charge in [-0.05, 0) is 31.0 Å². The van der Waals surface area contributed by atoms with E-state index >= 15 is 0 Å². The highest BCUT2D eigenvalue weighted by atomic mass is 79.9. The van der Waals surface area contributed by atoms with Gasteiger partial charge in [-0.3, -0.25) is 0 Å². The summed E-state index contributed by atoms with van der Waals surface area (Å²) in [6, 6.07) is 4.94. The molecular weight excluding hydrogens is 346 g/mol. The number of ether oxygens (including phenoxy) is 2. The summed E-state index contributed by atoms with van der Waals surface area (Å²) in [5.74, 6) is 0.340. The van der Waals surface area contributed by atoms with Gasteiger partial charge in [-0.2, -0.15) is 4.31 Å². The van der Waals surface area contributed by atoms with Crippen LogP contribution in [0.15, 0.2) is 27.6 Å². The van der Waals surface area contributed by atoms with Crippen LogP contribution in [-0.4, -0.2) is 46.1 Å². The Morgan fingerprint density at radius 1 is 1.50 bits per heavy atom. The number of hydrogen-bond acceptors (Lipinski definition) is 4. The Balaban J connectivity index is 2.26. The fraction of sp³-hybridized carbons (Fsp3) is 0.538. The number of likely N-dealkylation sites (N-methyl/N-ethyl adjacent to an activating group) is 1. The van der Waals surface area contributed by atoms with E-state index in [1.807, 2.05) is 0 Å². The Morgan fingerprint density at radius 3 is 2.85 bits per heavy atom. The fourth-order valence-electron chi connectivity index (χ4n) is 2.19. The maximum Gasteiger partial charge on any atom is 0.246 e. The second-order valence-electron chi connectivity index (χ2n) is 4.72. The van der Waals surface area contributed by atoms with Crippen LogP contribution in [0.4, 0.5) is 0 Å². The summed E-state index contributed by atoms with van der Waals surface area (Å²) in [7, 11) is -0.566. The molecule has 0 saturated carbocycles. The highest BCUT2D eigenvalue weighted by Crippen LogP contribution is 2.29. The second-order valence-corrected chi connectivity index (χ2v) is 7.64. The molecule has 1 atom stereocenters. The van der Waals surface area contributed by atoms with Crippen molar-refractivity contribution in [2.24, 2.45) is 0 Å². The minimum Gasteiger partial charge on any atom is -0.495 e. The molecule has 1 aromatic rings. The van der Waals surface area contributed by atoms with Crippen molar-refractivity contribution in [1.29, 1.82) is 0 Å². The van der Waals surface area contributed by atoms with Crippen molar-refractivity contribution in [2.45, 2.75) is 23.8 Å². The molecule has 1 fully saturated rings. The van der Waals surface area contributed by atoms with Gasteiger partial charge in [0.1, 0.15) is 10.6 Å². The van der Waals surface area contributed by atoms with Gasteiger partial charge in [0.15, 0.2) is 0 Å². The topological polar surface area (TPSA) is 55.8 Å². The molecular formula is C13H18BrNO4S. The van der Waals surface area contributed by atoms with Crippen LogP contribution in [0.5, 0.6) is 5.75 Å². The second kappa shape index (κ2) is 6.43. The predicted molar refractivity (Wildman–Crippen MR) is 79.5 cm³/mol. The van der Waals surface area contributed by atoms with Gasteiger partial charge in [-0.15, -0.1) is 0 Å². The third-order valence-electron chi connectivity index (χ3n) is 3.30. The van der Waals surface area contributed by atoms with Crippen molar-refractivity contribution in [3.63, 3.8) is 0 Å². The summed E-state index contributed by atoms with van der Waals surface area (Å²) < 4.78 is 37.9. The third-order valence-corrected chi connectivity index (χ3v) is 5.64.